The minimum Gasteiger partial charge on any atom is -0.377 e. The Morgan fingerprint density at radius 1 is 1.19 bits per heavy atom. The fourth-order valence-electron chi connectivity index (χ4n) is 3.13. The lowest BCUT2D eigenvalue weighted by molar-refractivity contribution is -0.118. The van der Waals surface area contributed by atoms with Crippen molar-refractivity contribution in [2.45, 2.75) is 32.4 Å². The molecule has 0 unspecified atom stereocenters. The summed E-state index contributed by atoms with van der Waals surface area (Å²) in [6.45, 7) is 4.08. The Bertz CT molecular complexity index is 740. The van der Waals surface area contributed by atoms with Gasteiger partial charge in [-0.1, -0.05) is 6.07 Å². The number of carbonyl (C=O) groups excluding carboxylic acids is 2. The van der Waals surface area contributed by atoms with E-state index in [4.69, 9.17) is 4.74 Å². The smallest absolute Gasteiger partial charge is 0.238 e. The van der Waals surface area contributed by atoms with Crippen molar-refractivity contribution in [1.82, 2.24) is 4.90 Å². The Hall–Kier alpha value is -2.22. The Balaban J connectivity index is 1.56. The maximum Gasteiger partial charge on any atom is 0.238 e. The monoisotopic (exact) mass is 387 g/mol. The first-order valence-corrected chi connectivity index (χ1v) is 10.0. The average Bonchev–Trinajstić information content (AvgIpc) is 3.30. The molecular formula is C20H25N3O3S. The molecule has 7 heteroatoms. The molecule has 1 fully saturated rings. The number of benzene rings is 1. The van der Waals surface area contributed by atoms with Gasteiger partial charge in [-0.05, 0) is 48.6 Å². The number of anilines is 2. The summed E-state index contributed by atoms with van der Waals surface area (Å²) in [5.41, 5.74) is 1.42. The van der Waals surface area contributed by atoms with Crippen LogP contribution in [0.15, 0.2) is 41.8 Å². The summed E-state index contributed by atoms with van der Waals surface area (Å²) in [6, 6.07) is 11.2. The zero-order chi connectivity index (χ0) is 19.1. The second-order valence-corrected chi connectivity index (χ2v) is 7.72. The number of carbonyl (C=O) groups is 2. The third-order valence-corrected chi connectivity index (χ3v) is 5.16. The van der Waals surface area contributed by atoms with Crippen LogP contribution in [-0.2, 0) is 20.9 Å². The quantitative estimate of drug-likeness (QED) is 0.729. The van der Waals surface area contributed by atoms with Crippen molar-refractivity contribution >= 4 is 34.5 Å². The van der Waals surface area contributed by atoms with Crippen molar-refractivity contribution in [1.29, 1.82) is 0 Å². The molecule has 0 spiro atoms. The van der Waals surface area contributed by atoms with E-state index >= 15 is 0 Å². The van der Waals surface area contributed by atoms with Crippen molar-refractivity contribution in [2.24, 2.45) is 0 Å². The highest BCUT2D eigenvalue weighted by Crippen LogP contribution is 2.18. The summed E-state index contributed by atoms with van der Waals surface area (Å²) in [7, 11) is 0. The number of nitrogens with one attached hydrogen (secondary N) is 2. The molecule has 1 saturated heterocycles. The third-order valence-electron chi connectivity index (χ3n) is 4.30. The summed E-state index contributed by atoms with van der Waals surface area (Å²) in [5, 5.41) is 7.69. The largest absolute Gasteiger partial charge is 0.377 e. The number of ether oxygens (including phenoxy) is 1. The van der Waals surface area contributed by atoms with Gasteiger partial charge in [-0.25, -0.2) is 0 Å². The van der Waals surface area contributed by atoms with Gasteiger partial charge in [-0.3, -0.25) is 14.5 Å². The van der Waals surface area contributed by atoms with Crippen LogP contribution in [0, 0.1) is 0 Å². The number of rotatable bonds is 8. The van der Waals surface area contributed by atoms with Crippen LogP contribution in [0.3, 0.4) is 0 Å². The lowest BCUT2D eigenvalue weighted by Gasteiger charge is -2.24. The molecule has 1 aromatic carbocycles. The maximum atomic E-state index is 12.5. The van der Waals surface area contributed by atoms with Crippen molar-refractivity contribution in [3.8, 4) is 0 Å². The van der Waals surface area contributed by atoms with Crippen LogP contribution in [-0.4, -0.2) is 42.5 Å². The van der Waals surface area contributed by atoms with Crippen LogP contribution in [0.25, 0.3) is 0 Å². The maximum absolute atomic E-state index is 12.5. The number of thiophene rings is 1. The molecule has 2 heterocycles. The summed E-state index contributed by atoms with van der Waals surface area (Å²) in [6.07, 6.45) is 2.34. The van der Waals surface area contributed by atoms with E-state index < -0.39 is 0 Å². The highest BCUT2D eigenvalue weighted by atomic mass is 32.1. The Labute approximate surface area is 163 Å². The van der Waals surface area contributed by atoms with Crippen molar-refractivity contribution < 1.29 is 14.3 Å². The normalized spacial score (nSPS) is 16.4. The molecular weight excluding hydrogens is 362 g/mol. The number of amides is 2. The highest BCUT2D eigenvalue weighted by molar-refractivity contribution is 7.09. The fraction of sp³-hybridized carbons (Fsp3) is 0.400. The van der Waals surface area contributed by atoms with Gasteiger partial charge >= 0.3 is 0 Å². The molecule has 27 heavy (non-hydrogen) atoms. The summed E-state index contributed by atoms with van der Waals surface area (Å²) >= 11 is 1.70. The van der Waals surface area contributed by atoms with Crippen LogP contribution < -0.4 is 10.6 Å². The van der Waals surface area contributed by atoms with E-state index in [9.17, 15) is 9.59 Å². The number of nitrogens with zero attached hydrogens (tertiary/aromatic N) is 1. The molecule has 1 aliphatic heterocycles. The predicted octanol–water partition coefficient (Wildman–Crippen LogP) is 3.33. The van der Waals surface area contributed by atoms with Gasteiger partial charge in [0.15, 0.2) is 0 Å². The zero-order valence-electron chi connectivity index (χ0n) is 15.4. The fourth-order valence-corrected chi connectivity index (χ4v) is 3.87. The number of hydrogen-bond donors (Lipinski definition) is 2. The van der Waals surface area contributed by atoms with Crippen LogP contribution in [0.5, 0.6) is 0 Å². The van der Waals surface area contributed by atoms with E-state index in [2.05, 4.69) is 27.0 Å². The lowest BCUT2D eigenvalue weighted by Crippen LogP contribution is -2.37. The van der Waals surface area contributed by atoms with Gasteiger partial charge in [0.1, 0.15) is 0 Å². The van der Waals surface area contributed by atoms with E-state index in [0.29, 0.717) is 17.9 Å². The number of hydrogen-bond acceptors (Lipinski definition) is 5. The van der Waals surface area contributed by atoms with Gasteiger partial charge in [0.25, 0.3) is 0 Å². The Morgan fingerprint density at radius 2 is 1.93 bits per heavy atom. The molecule has 6 nitrogen and oxygen atoms in total. The van der Waals surface area contributed by atoms with Crippen molar-refractivity contribution in [3.63, 3.8) is 0 Å². The van der Waals surface area contributed by atoms with Crippen molar-refractivity contribution in [3.05, 3.63) is 46.7 Å². The van der Waals surface area contributed by atoms with Crippen LogP contribution in [0.1, 0.15) is 24.6 Å². The van der Waals surface area contributed by atoms with Gasteiger partial charge in [0.2, 0.25) is 11.8 Å². The first kappa shape index (κ1) is 19.5. The van der Waals surface area contributed by atoms with Crippen molar-refractivity contribution in [2.75, 3.05) is 30.3 Å². The first-order valence-electron chi connectivity index (χ1n) is 9.12. The summed E-state index contributed by atoms with van der Waals surface area (Å²) in [5.74, 6) is -0.179. The Kier molecular flexibility index (Phi) is 6.98. The summed E-state index contributed by atoms with van der Waals surface area (Å²) < 4.78 is 5.74. The second-order valence-electron chi connectivity index (χ2n) is 6.69. The van der Waals surface area contributed by atoms with Gasteiger partial charge in [0.05, 0.1) is 12.6 Å². The molecule has 0 bridgehead atoms. The molecule has 2 amide bonds. The minimum atomic E-state index is -0.120. The van der Waals surface area contributed by atoms with E-state index in [0.717, 1.165) is 32.5 Å². The average molecular weight is 388 g/mol. The van der Waals surface area contributed by atoms with Crippen LogP contribution in [0.2, 0.25) is 0 Å². The summed E-state index contributed by atoms with van der Waals surface area (Å²) in [4.78, 5) is 27.0. The SMILES string of the molecule is CC(=O)Nc1ccc(NC(=O)CN(Cc2cccs2)C[C@@H]2CCCO2)cc1. The van der Waals surface area contributed by atoms with Crippen LogP contribution >= 0.6 is 11.3 Å². The van der Waals surface area contributed by atoms with Gasteiger partial charge in [-0.2, -0.15) is 0 Å². The van der Waals surface area contributed by atoms with E-state index in [1.807, 2.05) is 6.07 Å². The first-order chi connectivity index (χ1) is 13.1. The molecule has 0 saturated carbocycles. The molecule has 0 aliphatic carbocycles. The van der Waals surface area contributed by atoms with Crippen LogP contribution in [0.4, 0.5) is 11.4 Å². The predicted molar refractivity (Wildman–Crippen MR) is 108 cm³/mol. The van der Waals surface area contributed by atoms with Gasteiger partial charge in [-0.15, -0.1) is 11.3 Å². The third kappa shape index (κ3) is 6.46. The van der Waals surface area contributed by atoms with E-state index in [1.165, 1.54) is 11.8 Å². The standard InChI is InChI=1S/C20H25N3O3S/c1-15(24)21-16-6-8-17(9-7-16)22-20(25)14-23(12-18-4-2-10-26-18)13-19-5-3-11-27-19/h3,5-9,11,18H,2,4,10,12-14H2,1H3,(H,21,24)(H,22,25)/t18-/m0/s1. The Morgan fingerprint density at radius 3 is 2.52 bits per heavy atom. The molecule has 2 N–H and O–H groups in total. The second kappa shape index (κ2) is 9.64. The topological polar surface area (TPSA) is 70.7 Å². The van der Waals surface area contributed by atoms with E-state index in [1.54, 1.807) is 35.6 Å². The molecule has 144 valence electrons. The molecule has 3 rings (SSSR count). The molecule has 1 atom stereocenters. The molecule has 1 aliphatic rings. The molecule has 1 aromatic heterocycles. The van der Waals surface area contributed by atoms with E-state index in [-0.39, 0.29) is 17.9 Å². The lowest BCUT2D eigenvalue weighted by atomic mass is 10.2. The highest BCUT2D eigenvalue weighted by Gasteiger charge is 2.21. The van der Waals surface area contributed by atoms with Gasteiger partial charge < -0.3 is 15.4 Å². The zero-order valence-corrected chi connectivity index (χ0v) is 16.3. The molecule has 2 aromatic rings. The van der Waals surface area contributed by atoms with Gasteiger partial charge in [0, 0.05) is 42.9 Å². The molecule has 0 radical (unpaired) electrons. The minimum absolute atomic E-state index is 0.0585.